The summed E-state index contributed by atoms with van der Waals surface area (Å²) in [7, 11) is -2.44. The summed E-state index contributed by atoms with van der Waals surface area (Å²) in [6, 6.07) is 23.4. The lowest BCUT2D eigenvalue weighted by Gasteiger charge is -2.12. The Hall–Kier alpha value is -3.38. The molecule has 5 nitrogen and oxygen atoms in total. The molecule has 0 spiro atoms. The van der Waals surface area contributed by atoms with E-state index in [0.29, 0.717) is 22.2 Å². The molecule has 1 heterocycles. The standard InChI is InChI=1S/C22H17NO4S/c1-27-18-10-7-9-17(14-18)22(24)21-15-16-8-5-6-13-20(16)23(21)28(25,26)19-11-3-2-4-12-19/h2-15H,1H3. The number of carbonyl (C=O) groups is 1. The number of methoxy groups -OCH3 is 1. The molecule has 0 unspecified atom stereocenters. The maximum absolute atomic E-state index is 13.4. The van der Waals surface area contributed by atoms with Gasteiger partial charge in [-0.1, -0.05) is 48.5 Å². The SMILES string of the molecule is COc1cccc(C(=O)c2cc3ccccc3n2S(=O)(=O)c2ccccc2)c1. The van der Waals surface area contributed by atoms with Crippen LogP contribution in [0.1, 0.15) is 16.1 Å². The third kappa shape index (κ3) is 2.97. The monoisotopic (exact) mass is 391 g/mol. The molecule has 0 N–H and O–H groups in total. The second kappa shape index (κ2) is 6.98. The number of nitrogens with zero attached hydrogens (tertiary/aromatic N) is 1. The minimum Gasteiger partial charge on any atom is -0.497 e. The molecule has 28 heavy (non-hydrogen) atoms. The summed E-state index contributed by atoms with van der Waals surface area (Å²) in [5.41, 5.74) is 0.891. The Morgan fingerprint density at radius 1 is 0.857 bits per heavy atom. The number of hydrogen-bond acceptors (Lipinski definition) is 4. The van der Waals surface area contributed by atoms with Crippen LogP contribution in [-0.4, -0.2) is 25.3 Å². The highest BCUT2D eigenvalue weighted by Gasteiger charge is 2.26. The summed E-state index contributed by atoms with van der Waals surface area (Å²) < 4.78 is 33.1. The van der Waals surface area contributed by atoms with Gasteiger partial charge in [0.25, 0.3) is 10.0 Å². The second-order valence-electron chi connectivity index (χ2n) is 6.23. The van der Waals surface area contributed by atoms with Crippen LogP contribution in [0.4, 0.5) is 0 Å². The molecule has 0 atom stereocenters. The lowest BCUT2D eigenvalue weighted by Crippen LogP contribution is -2.19. The van der Waals surface area contributed by atoms with Crippen LogP contribution in [0, 0.1) is 0 Å². The smallest absolute Gasteiger partial charge is 0.268 e. The second-order valence-corrected chi connectivity index (χ2v) is 8.02. The average Bonchev–Trinajstić information content (AvgIpc) is 3.14. The number of aromatic nitrogens is 1. The number of rotatable bonds is 5. The number of fused-ring (bicyclic) bond motifs is 1. The van der Waals surface area contributed by atoms with E-state index in [0.717, 1.165) is 3.97 Å². The fraction of sp³-hybridized carbons (Fsp3) is 0.0455. The fourth-order valence-electron chi connectivity index (χ4n) is 3.16. The van der Waals surface area contributed by atoms with Crippen molar-refractivity contribution >= 4 is 26.7 Å². The van der Waals surface area contributed by atoms with Crippen molar-refractivity contribution in [3.05, 3.63) is 96.2 Å². The minimum absolute atomic E-state index is 0.0818. The highest BCUT2D eigenvalue weighted by molar-refractivity contribution is 7.90. The van der Waals surface area contributed by atoms with Crippen LogP contribution in [-0.2, 0) is 10.0 Å². The molecule has 4 rings (SSSR count). The van der Waals surface area contributed by atoms with Crippen LogP contribution < -0.4 is 4.74 Å². The molecule has 0 amide bonds. The van der Waals surface area contributed by atoms with E-state index < -0.39 is 15.8 Å². The van der Waals surface area contributed by atoms with Gasteiger partial charge in [0.1, 0.15) is 11.4 Å². The molecule has 0 aliphatic heterocycles. The van der Waals surface area contributed by atoms with E-state index in [-0.39, 0.29) is 10.6 Å². The molecular weight excluding hydrogens is 374 g/mol. The molecule has 0 radical (unpaired) electrons. The lowest BCUT2D eigenvalue weighted by atomic mass is 10.1. The maximum Gasteiger partial charge on any atom is 0.268 e. The zero-order valence-corrected chi connectivity index (χ0v) is 15.9. The predicted octanol–water partition coefficient (Wildman–Crippen LogP) is 4.12. The van der Waals surface area contributed by atoms with E-state index in [2.05, 4.69) is 0 Å². The van der Waals surface area contributed by atoms with Crippen LogP contribution in [0.3, 0.4) is 0 Å². The first-order chi connectivity index (χ1) is 13.5. The first-order valence-corrected chi connectivity index (χ1v) is 10.1. The van der Waals surface area contributed by atoms with Crippen LogP contribution in [0.15, 0.2) is 89.8 Å². The molecule has 140 valence electrons. The molecule has 6 heteroatoms. The van der Waals surface area contributed by atoms with Gasteiger partial charge >= 0.3 is 0 Å². The minimum atomic E-state index is -3.96. The molecular formula is C22H17NO4S. The predicted molar refractivity (Wildman–Crippen MR) is 107 cm³/mol. The van der Waals surface area contributed by atoms with Gasteiger partial charge in [0.05, 0.1) is 17.5 Å². The van der Waals surface area contributed by atoms with Crippen LogP contribution >= 0.6 is 0 Å². The lowest BCUT2D eigenvalue weighted by molar-refractivity contribution is 0.103. The van der Waals surface area contributed by atoms with Crippen molar-refractivity contribution in [2.24, 2.45) is 0 Å². The number of ketones is 1. The number of benzene rings is 3. The number of carbonyl (C=O) groups excluding carboxylic acids is 1. The van der Waals surface area contributed by atoms with Gasteiger partial charge in [0, 0.05) is 10.9 Å². The van der Waals surface area contributed by atoms with Gasteiger partial charge in [0.15, 0.2) is 0 Å². The summed E-state index contributed by atoms with van der Waals surface area (Å²) >= 11 is 0. The summed E-state index contributed by atoms with van der Waals surface area (Å²) in [5.74, 6) is 0.133. The van der Waals surface area contributed by atoms with Crippen molar-refractivity contribution in [2.75, 3.05) is 7.11 Å². The Morgan fingerprint density at radius 2 is 1.57 bits per heavy atom. The van der Waals surface area contributed by atoms with Gasteiger partial charge in [-0.25, -0.2) is 12.4 Å². The topological polar surface area (TPSA) is 65.4 Å². The molecule has 0 aliphatic rings. The highest BCUT2D eigenvalue weighted by atomic mass is 32.2. The average molecular weight is 391 g/mol. The van der Waals surface area contributed by atoms with Crippen molar-refractivity contribution in [3.63, 3.8) is 0 Å². The number of hydrogen-bond donors (Lipinski definition) is 0. The fourth-order valence-corrected chi connectivity index (χ4v) is 4.69. The van der Waals surface area contributed by atoms with E-state index in [1.54, 1.807) is 66.7 Å². The maximum atomic E-state index is 13.4. The van der Waals surface area contributed by atoms with Gasteiger partial charge in [-0.05, 0) is 36.4 Å². The summed E-state index contributed by atoms with van der Waals surface area (Å²) in [6.45, 7) is 0. The molecule has 3 aromatic carbocycles. The Balaban J connectivity index is 1.97. The summed E-state index contributed by atoms with van der Waals surface area (Å²) in [6.07, 6.45) is 0. The zero-order valence-electron chi connectivity index (χ0n) is 15.1. The summed E-state index contributed by atoms with van der Waals surface area (Å²) in [5, 5.41) is 0.674. The van der Waals surface area contributed by atoms with Crippen LogP contribution in [0.2, 0.25) is 0 Å². The van der Waals surface area contributed by atoms with E-state index in [9.17, 15) is 13.2 Å². The molecule has 0 aliphatic carbocycles. The van der Waals surface area contributed by atoms with E-state index in [1.807, 2.05) is 6.07 Å². The Bertz CT molecular complexity index is 1270. The van der Waals surface area contributed by atoms with Gasteiger partial charge in [-0.2, -0.15) is 0 Å². The van der Waals surface area contributed by atoms with Crippen LogP contribution in [0.5, 0.6) is 5.75 Å². The van der Waals surface area contributed by atoms with Crippen LogP contribution in [0.25, 0.3) is 10.9 Å². The Labute approximate surface area is 162 Å². The van der Waals surface area contributed by atoms with Crippen molar-refractivity contribution in [1.29, 1.82) is 0 Å². The van der Waals surface area contributed by atoms with E-state index in [4.69, 9.17) is 4.74 Å². The molecule has 4 aromatic rings. The van der Waals surface area contributed by atoms with Gasteiger partial charge in [-0.15, -0.1) is 0 Å². The van der Waals surface area contributed by atoms with Crippen molar-refractivity contribution in [3.8, 4) is 5.75 Å². The molecule has 1 aromatic heterocycles. The van der Waals surface area contributed by atoms with Gasteiger partial charge < -0.3 is 4.74 Å². The first kappa shape index (κ1) is 18.0. The normalized spacial score (nSPS) is 11.5. The number of ether oxygens (including phenoxy) is 1. The van der Waals surface area contributed by atoms with Gasteiger partial charge in [0.2, 0.25) is 5.78 Å². The molecule has 0 fully saturated rings. The molecule has 0 saturated carbocycles. The molecule has 0 saturated heterocycles. The molecule has 0 bridgehead atoms. The van der Waals surface area contributed by atoms with E-state index in [1.165, 1.54) is 19.2 Å². The van der Waals surface area contributed by atoms with Crippen molar-refractivity contribution < 1.29 is 17.9 Å². The quantitative estimate of drug-likeness (QED) is 0.480. The summed E-state index contributed by atoms with van der Waals surface area (Å²) in [4.78, 5) is 13.4. The third-order valence-corrected chi connectivity index (χ3v) is 6.25. The largest absolute Gasteiger partial charge is 0.497 e. The Morgan fingerprint density at radius 3 is 2.32 bits per heavy atom. The number of para-hydroxylation sites is 1. The first-order valence-electron chi connectivity index (χ1n) is 8.62. The Kier molecular flexibility index (Phi) is 4.49. The zero-order chi connectivity index (χ0) is 19.7. The van der Waals surface area contributed by atoms with Crippen molar-refractivity contribution in [2.45, 2.75) is 4.90 Å². The van der Waals surface area contributed by atoms with E-state index >= 15 is 0 Å². The highest BCUT2D eigenvalue weighted by Crippen LogP contribution is 2.28. The third-order valence-electron chi connectivity index (χ3n) is 4.51. The van der Waals surface area contributed by atoms with Gasteiger partial charge in [-0.3, -0.25) is 4.79 Å². The van der Waals surface area contributed by atoms with Crippen molar-refractivity contribution in [1.82, 2.24) is 3.97 Å².